The third-order valence-electron chi connectivity index (χ3n) is 16.5. The Hall–Kier alpha value is -3.29. The Morgan fingerprint density at radius 2 is 1.68 bits per heavy atom. The number of cyclic esters (lactones) is 1. The number of benzene rings is 1. The fraction of sp³-hybridized carbons (Fsp3) is 0.778. The molecule has 19 atom stereocenters. The van der Waals surface area contributed by atoms with Crippen molar-refractivity contribution in [1.29, 1.82) is 0 Å². The van der Waals surface area contributed by atoms with E-state index in [0.717, 1.165) is 16.0 Å². The largest absolute Gasteiger partial charge is 0.459 e. The summed E-state index contributed by atoms with van der Waals surface area (Å²) in [4.78, 5) is 23.8. The van der Waals surface area contributed by atoms with Crippen LogP contribution < -0.4 is 5.73 Å². The summed E-state index contributed by atoms with van der Waals surface area (Å²) in [5, 5.41) is 56.8. The molecule has 3 aliphatic heterocycles. The zero-order chi connectivity index (χ0) is 55.3. The molecule has 3 aromatic rings. The summed E-state index contributed by atoms with van der Waals surface area (Å²) in [6, 6.07) is 6.37. The first-order valence-corrected chi connectivity index (χ1v) is 27.5. The Labute approximate surface area is 447 Å². The topological polar surface area (TPSA) is 239 Å². The monoisotopic (exact) mass is 1080 g/mol. The molecule has 0 bridgehead atoms. The van der Waals surface area contributed by atoms with Crippen molar-refractivity contribution < 1.29 is 62.8 Å². The molecule has 1 aromatic carbocycles. The van der Waals surface area contributed by atoms with Gasteiger partial charge in [-0.25, -0.2) is 14.1 Å². The van der Waals surface area contributed by atoms with Crippen LogP contribution >= 0.6 is 11.3 Å². The van der Waals surface area contributed by atoms with Crippen molar-refractivity contribution in [1.82, 2.24) is 29.8 Å². The van der Waals surface area contributed by atoms with E-state index in [1.54, 1.807) is 54.1 Å². The van der Waals surface area contributed by atoms with E-state index in [-0.39, 0.29) is 37.3 Å². The van der Waals surface area contributed by atoms with Gasteiger partial charge in [0.2, 0.25) is 0 Å². The Bertz CT molecular complexity index is 2260. The number of alkyl halides is 1. The minimum absolute atomic E-state index is 0.0207. The number of likely N-dealkylation sites (N-methyl/N-ethyl adjacent to an activating group) is 2. The van der Waals surface area contributed by atoms with Crippen LogP contribution in [0.3, 0.4) is 0 Å². The van der Waals surface area contributed by atoms with Gasteiger partial charge < -0.3 is 69.1 Å². The number of nitrogens with two attached hydrogens (primary N) is 1. The van der Waals surface area contributed by atoms with Gasteiger partial charge in [-0.1, -0.05) is 61.6 Å². The lowest BCUT2D eigenvalue weighted by atomic mass is 9.77. The quantitative estimate of drug-likeness (QED) is 0.108. The van der Waals surface area contributed by atoms with Gasteiger partial charge in [0, 0.05) is 77.0 Å². The SMILES string of the molecule is CC[C@H]1OC(=O)[C@H](C)[C@@H](O[C@H]2C[C@@](C)(OC)[C@@H](O)[C@H](C)O2)[C@H](C)[C@@H](O[C@H]2C[C@@H](N(C)CCc3cn([C@H](CF)[C@H](OC)c4ccc(-c5cnc(N)s5)cc4)nn3)C[C@@H](C)O2)[C@](C)(O)C[C@@H](C)CN(C)[C@H](C)[C@@H](O)[C@]1(C)O. The van der Waals surface area contributed by atoms with Gasteiger partial charge in [-0.15, -0.1) is 5.10 Å². The molecule has 0 spiro atoms. The number of thiazole rings is 1. The van der Waals surface area contributed by atoms with E-state index in [4.69, 9.17) is 38.9 Å². The Morgan fingerprint density at radius 1 is 0.987 bits per heavy atom. The van der Waals surface area contributed by atoms with Crippen LogP contribution in [0.15, 0.2) is 36.7 Å². The lowest BCUT2D eigenvalue weighted by molar-refractivity contribution is -0.308. The highest BCUT2D eigenvalue weighted by Gasteiger charge is 2.52. The van der Waals surface area contributed by atoms with Gasteiger partial charge in [-0.2, -0.15) is 0 Å². The van der Waals surface area contributed by atoms with Crippen molar-refractivity contribution in [3.63, 3.8) is 0 Å². The number of esters is 1. The molecule has 0 amide bonds. The number of methoxy groups -OCH3 is 2. The van der Waals surface area contributed by atoms with Crippen LogP contribution in [0.1, 0.15) is 125 Å². The summed E-state index contributed by atoms with van der Waals surface area (Å²) in [5.74, 6) is -2.58. The first kappa shape index (κ1) is 60.9. The van der Waals surface area contributed by atoms with Gasteiger partial charge in [-0.3, -0.25) is 4.79 Å². The van der Waals surface area contributed by atoms with Gasteiger partial charge in [0.15, 0.2) is 17.7 Å². The number of ether oxygens (including phenoxy) is 7. The normalized spacial score (nSPS) is 37.9. The summed E-state index contributed by atoms with van der Waals surface area (Å²) >= 11 is 1.39. The molecule has 0 radical (unpaired) electrons. The van der Waals surface area contributed by atoms with Crippen molar-refractivity contribution in [2.75, 3.05) is 53.8 Å². The van der Waals surface area contributed by atoms with E-state index in [1.807, 2.05) is 71.0 Å². The van der Waals surface area contributed by atoms with Crippen molar-refractivity contribution in [2.45, 2.75) is 204 Å². The highest BCUT2D eigenvalue weighted by molar-refractivity contribution is 7.18. The number of carbonyl (C=O) groups excluding carboxylic acids is 1. The summed E-state index contributed by atoms with van der Waals surface area (Å²) in [6.45, 7) is 18.2. The maximum absolute atomic E-state index is 14.9. The van der Waals surface area contributed by atoms with Crippen LogP contribution in [0.2, 0.25) is 0 Å². The predicted molar refractivity (Wildman–Crippen MR) is 282 cm³/mol. The molecule has 3 fully saturated rings. The molecule has 3 saturated heterocycles. The fourth-order valence-corrected chi connectivity index (χ4v) is 12.4. The lowest BCUT2D eigenvalue weighted by Crippen LogP contribution is -2.59. The zero-order valence-electron chi connectivity index (χ0n) is 46.7. The van der Waals surface area contributed by atoms with Crippen LogP contribution in [0.25, 0.3) is 10.4 Å². The van der Waals surface area contributed by atoms with E-state index >= 15 is 0 Å². The van der Waals surface area contributed by atoms with Crippen LogP contribution in [0.4, 0.5) is 9.52 Å². The number of halogens is 1. The van der Waals surface area contributed by atoms with Crippen LogP contribution in [0.5, 0.6) is 0 Å². The molecule has 0 aliphatic carbocycles. The van der Waals surface area contributed by atoms with Gasteiger partial charge in [0.05, 0.1) is 52.1 Å². The first-order valence-electron chi connectivity index (χ1n) is 26.7. The third-order valence-corrected chi connectivity index (χ3v) is 17.3. The van der Waals surface area contributed by atoms with E-state index in [2.05, 4.69) is 20.2 Å². The Morgan fingerprint density at radius 3 is 2.29 bits per heavy atom. The van der Waals surface area contributed by atoms with E-state index in [9.17, 15) is 29.6 Å². The number of aliphatic hydroxyl groups is 4. The first-order chi connectivity index (χ1) is 35.3. The molecule has 19 nitrogen and oxygen atoms in total. The second-order valence-electron chi connectivity index (χ2n) is 22.6. The summed E-state index contributed by atoms with van der Waals surface area (Å²) < 4.78 is 61.0. The Balaban J connectivity index is 1.23. The average Bonchev–Trinajstić information content (AvgIpc) is 4.03. The van der Waals surface area contributed by atoms with Gasteiger partial charge in [0.1, 0.15) is 42.7 Å². The van der Waals surface area contributed by atoms with Crippen LogP contribution in [-0.4, -0.2) is 188 Å². The second-order valence-corrected chi connectivity index (χ2v) is 23.6. The standard InChI is InChI=1S/C54H88FN7O12S/c1-15-42-54(10,67)47(63)34(6)61(12)28-30(2)24-52(8,66)49(32(4)45(33(5)50(65)72-42)73-44-25-53(9,69-14)48(64)35(7)71-44)74-43-23-39(22-31(3)70-43)60(11)21-20-38-29-62(59-58-38)40(26-55)46(68-13)37-18-16-36(17-19-37)41-27-57-51(56)75-41/h16-19,27,29-35,39-40,42-49,63-64,66-67H,15,20-26,28H2,1-14H3,(H2,56,57)/t30-,31-,32+,33-,34-,35+,39+,40-,42-,43+,44+,45+,46-,47-,48+,49-,52-,53-,54-/m1/s1. The molecule has 2 aromatic heterocycles. The fourth-order valence-electron chi connectivity index (χ4n) is 11.7. The molecule has 0 saturated carbocycles. The molecule has 75 heavy (non-hydrogen) atoms. The summed E-state index contributed by atoms with van der Waals surface area (Å²) in [5.41, 5.74) is 3.87. The number of anilines is 1. The van der Waals surface area contributed by atoms with Crippen LogP contribution in [0, 0.1) is 17.8 Å². The molecule has 6 rings (SSSR count). The highest BCUT2D eigenvalue weighted by atomic mass is 32.1. The minimum atomic E-state index is -1.82. The number of nitrogens with zero attached hydrogens (tertiary/aromatic N) is 6. The summed E-state index contributed by atoms with van der Waals surface area (Å²) in [7, 11) is 6.96. The molecule has 424 valence electrons. The second kappa shape index (κ2) is 25.7. The van der Waals surface area contributed by atoms with E-state index in [0.29, 0.717) is 43.2 Å². The molecule has 6 N–H and O–H groups in total. The van der Waals surface area contributed by atoms with Crippen molar-refractivity contribution in [3.8, 4) is 10.4 Å². The molecular weight excluding hydrogens is 990 g/mol. The molecular formula is C54H88FN7O12S. The smallest absolute Gasteiger partial charge is 0.311 e. The highest BCUT2D eigenvalue weighted by Crippen LogP contribution is 2.41. The van der Waals surface area contributed by atoms with Crippen molar-refractivity contribution in [3.05, 3.63) is 47.9 Å². The zero-order valence-corrected chi connectivity index (χ0v) is 47.5. The van der Waals surface area contributed by atoms with E-state index in [1.165, 1.54) is 30.1 Å². The van der Waals surface area contributed by atoms with Gasteiger partial charge >= 0.3 is 5.97 Å². The number of aromatic nitrogens is 4. The van der Waals surface area contributed by atoms with Gasteiger partial charge in [-0.05, 0) is 98.9 Å². The maximum atomic E-state index is 14.9. The molecule has 5 heterocycles. The lowest BCUT2D eigenvalue weighted by Gasteiger charge is -2.48. The van der Waals surface area contributed by atoms with E-state index < -0.39 is 109 Å². The molecule has 21 heteroatoms. The number of rotatable bonds is 16. The molecule has 0 unspecified atom stereocenters. The number of nitrogen functional groups attached to an aromatic ring is 1. The van der Waals surface area contributed by atoms with Crippen molar-refractivity contribution >= 4 is 22.4 Å². The number of aliphatic hydroxyl groups excluding tert-OH is 2. The predicted octanol–water partition coefficient (Wildman–Crippen LogP) is 5.74. The number of hydrogen-bond donors (Lipinski definition) is 5. The Kier molecular flexibility index (Phi) is 20.8. The maximum Gasteiger partial charge on any atom is 0.311 e. The van der Waals surface area contributed by atoms with Crippen molar-refractivity contribution in [2.24, 2.45) is 17.8 Å². The molecule has 3 aliphatic rings. The average molecular weight is 1080 g/mol. The minimum Gasteiger partial charge on any atom is -0.459 e. The summed E-state index contributed by atoms with van der Waals surface area (Å²) in [6.07, 6.45) is -2.91. The third kappa shape index (κ3) is 14.3. The van der Waals surface area contributed by atoms with Crippen LogP contribution in [-0.2, 0) is 44.4 Å². The van der Waals surface area contributed by atoms with Gasteiger partial charge in [0.25, 0.3) is 0 Å². The number of carbonyl (C=O) groups is 1. The number of hydrogen-bond acceptors (Lipinski definition) is 19.